The van der Waals surface area contributed by atoms with E-state index in [9.17, 15) is 10.1 Å². The average molecular weight is 348 g/mol. The van der Waals surface area contributed by atoms with E-state index in [1.165, 1.54) is 0 Å². The summed E-state index contributed by atoms with van der Waals surface area (Å²) in [6.07, 6.45) is 0. The highest BCUT2D eigenvalue weighted by atomic mass is 16.1. The van der Waals surface area contributed by atoms with Gasteiger partial charge in [-0.2, -0.15) is 5.26 Å². The Morgan fingerprint density at radius 1 is 0.926 bits per heavy atom. The molecular weight excluding hydrogens is 332 g/mol. The molecule has 0 aromatic heterocycles. The summed E-state index contributed by atoms with van der Waals surface area (Å²) < 4.78 is 0. The summed E-state index contributed by atoms with van der Waals surface area (Å²) in [7, 11) is 0. The minimum atomic E-state index is -0.364. The molecule has 0 saturated carbocycles. The lowest BCUT2D eigenvalue weighted by atomic mass is 9.78. The van der Waals surface area contributed by atoms with Gasteiger partial charge in [0.15, 0.2) is 5.78 Å². The van der Waals surface area contributed by atoms with Crippen molar-refractivity contribution in [2.24, 2.45) is 0 Å². The van der Waals surface area contributed by atoms with Gasteiger partial charge < -0.3 is 5.32 Å². The quantitative estimate of drug-likeness (QED) is 0.678. The summed E-state index contributed by atoms with van der Waals surface area (Å²) in [5.74, 6) is -0.358. The molecule has 1 aliphatic heterocycles. The predicted octanol–water partition coefficient (Wildman–Crippen LogP) is 4.93. The molecule has 1 unspecified atom stereocenters. The normalized spacial score (nSPS) is 18.2. The number of nitrogens with one attached hydrogen (secondary N) is 1. The van der Waals surface area contributed by atoms with Gasteiger partial charge >= 0.3 is 0 Å². The highest BCUT2D eigenvalue weighted by molar-refractivity contribution is 6.22. The van der Waals surface area contributed by atoms with Crippen molar-refractivity contribution in [3.63, 3.8) is 0 Å². The number of nitriles is 1. The fraction of sp³-hybridized carbons (Fsp3) is 0.0833. The van der Waals surface area contributed by atoms with Crippen LogP contribution in [0.15, 0.2) is 83.6 Å². The van der Waals surface area contributed by atoms with Gasteiger partial charge in [-0.05, 0) is 23.3 Å². The first-order valence-corrected chi connectivity index (χ1v) is 8.94. The Morgan fingerprint density at radius 3 is 2.44 bits per heavy atom. The maximum absolute atomic E-state index is 13.3. The number of benzene rings is 3. The van der Waals surface area contributed by atoms with Crippen molar-refractivity contribution in [2.75, 3.05) is 0 Å². The molecule has 5 rings (SSSR count). The second-order valence-electron chi connectivity index (χ2n) is 6.94. The molecule has 1 aliphatic carbocycles. The van der Waals surface area contributed by atoms with E-state index in [-0.39, 0.29) is 11.7 Å². The zero-order valence-electron chi connectivity index (χ0n) is 14.8. The highest BCUT2D eigenvalue weighted by Gasteiger charge is 2.40. The van der Waals surface area contributed by atoms with Gasteiger partial charge in [0.1, 0.15) is 0 Å². The lowest BCUT2D eigenvalue weighted by molar-refractivity contribution is 0.103. The largest absolute Gasteiger partial charge is 0.357 e. The van der Waals surface area contributed by atoms with Crippen LogP contribution >= 0.6 is 0 Å². The molecule has 0 radical (unpaired) electrons. The maximum Gasteiger partial charge on any atom is 0.192 e. The van der Waals surface area contributed by atoms with Crippen molar-refractivity contribution in [1.82, 2.24) is 5.32 Å². The molecule has 27 heavy (non-hydrogen) atoms. The fourth-order valence-electron chi connectivity index (χ4n) is 4.29. The first kappa shape index (κ1) is 15.6. The number of nitrogens with zero attached hydrogens (tertiary/aromatic N) is 1. The molecule has 0 saturated heterocycles. The Morgan fingerprint density at radius 2 is 1.63 bits per heavy atom. The first-order chi connectivity index (χ1) is 13.2. The maximum atomic E-state index is 13.3. The van der Waals surface area contributed by atoms with Crippen LogP contribution in [0, 0.1) is 11.3 Å². The molecule has 1 heterocycles. The van der Waals surface area contributed by atoms with Crippen LogP contribution in [0.5, 0.6) is 0 Å². The van der Waals surface area contributed by atoms with Crippen molar-refractivity contribution >= 4 is 22.3 Å². The topological polar surface area (TPSA) is 52.9 Å². The highest BCUT2D eigenvalue weighted by Crippen LogP contribution is 2.47. The zero-order chi connectivity index (χ0) is 18.5. The molecule has 3 aromatic carbocycles. The van der Waals surface area contributed by atoms with Gasteiger partial charge in [-0.25, -0.2) is 0 Å². The summed E-state index contributed by atoms with van der Waals surface area (Å²) in [6.45, 7) is 1.91. The van der Waals surface area contributed by atoms with Gasteiger partial charge in [0.05, 0.1) is 23.3 Å². The second kappa shape index (κ2) is 5.69. The van der Waals surface area contributed by atoms with Gasteiger partial charge in [-0.3, -0.25) is 4.79 Å². The Kier molecular flexibility index (Phi) is 3.29. The summed E-state index contributed by atoms with van der Waals surface area (Å²) in [4.78, 5) is 13.3. The average Bonchev–Trinajstić information content (AvgIpc) is 2.99. The van der Waals surface area contributed by atoms with Crippen LogP contribution in [0.2, 0.25) is 0 Å². The number of hydrogen-bond donors (Lipinski definition) is 1. The number of dihydropyridines is 1. The van der Waals surface area contributed by atoms with Crippen molar-refractivity contribution < 1.29 is 4.79 Å². The first-order valence-electron chi connectivity index (χ1n) is 8.94. The molecule has 0 fully saturated rings. The van der Waals surface area contributed by atoms with Crippen LogP contribution in [0.1, 0.15) is 34.3 Å². The van der Waals surface area contributed by atoms with Crippen LogP contribution in [0.3, 0.4) is 0 Å². The number of hydrogen-bond acceptors (Lipinski definition) is 3. The summed E-state index contributed by atoms with van der Waals surface area (Å²) >= 11 is 0. The third-order valence-electron chi connectivity index (χ3n) is 5.50. The van der Waals surface area contributed by atoms with Gasteiger partial charge in [-0.1, -0.05) is 66.7 Å². The molecule has 3 heteroatoms. The molecule has 3 aromatic rings. The van der Waals surface area contributed by atoms with Crippen molar-refractivity contribution in [3.05, 3.63) is 100 Å². The molecule has 3 nitrogen and oxygen atoms in total. The van der Waals surface area contributed by atoms with Crippen LogP contribution in [-0.4, -0.2) is 5.78 Å². The molecule has 1 N–H and O–H groups in total. The SMILES string of the molecule is CC1=C(C#N)C(c2cccc3ccccc23)C2=C(N1)c1ccccc1C2=O. The number of allylic oxidation sites excluding steroid dienone is 3. The minimum Gasteiger partial charge on any atom is -0.357 e. The van der Waals surface area contributed by atoms with E-state index >= 15 is 0 Å². The third kappa shape index (κ3) is 2.10. The minimum absolute atomic E-state index is 0.00582. The number of Topliss-reactive ketones (excluding diaryl/α,β-unsaturated/α-hetero) is 1. The van der Waals surface area contributed by atoms with Gasteiger partial charge in [0, 0.05) is 22.4 Å². The third-order valence-corrected chi connectivity index (χ3v) is 5.50. The number of carbonyl (C=O) groups is 1. The smallest absolute Gasteiger partial charge is 0.192 e. The summed E-state index contributed by atoms with van der Waals surface area (Å²) in [5.41, 5.74) is 5.54. The van der Waals surface area contributed by atoms with Crippen molar-refractivity contribution in [1.29, 1.82) is 5.26 Å². The van der Waals surface area contributed by atoms with Crippen molar-refractivity contribution in [2.45, 2.75) is 12.8 Å². The molecular formula is C24H16N2O. The fourth-order valence-corrected chi connectivity index (χ4v) is 4.29. The van der Waals surface area contributed by atoms with Crippen LogP contribution in [-0.2, 0) is 0 Å². The Labute approximate surface area is 157 Å². The van der Waals surface area contributed by atoms with E-state index in [1.54, 1.807) is 0 Å². The monoisotopic (exact) mass is 348 g/mol. The summed E-state index contributed by atoms with van der Waals surface area (Å²) in [5, 5.41) is 15.4. The Balaban J connectivity index is 1.83. The molecule has 128 valence electrons. The molecule has 0 spiro atoms. The second-order valence-corrected chi connectivity index (χ2v) is 6.94. The van der Waals surface area contributed by atoms with Gasteiger partial charge in [0.2, 0.25) is 0 Å². The van der Waals surface area contributed by atoms with E-state index in [0.717, 1.165) is 33.3 Å². The summed E-state index contributed by atoms with van der Waals surface area (Å²) in [6, 6.07) is 24.2. The number of rotatable bonds is 1. The van der Waals surface area contributed by atoms with Crippen LogP contribution in [0.25, 0.3) is 16.5 Å². The standard InChI is InChI=1S/C24H16N2O/c1-14-20(13-25)21(17-12-6-8-15-7-2-3-9-16(15)17)22-23(26-14)18-10-4-5-11-19(18)24(22)27/h2-12,21,26H,1H3. The lowest BCUT2D eigenvalue weighted by Crippen LogP contribution is -2.24. The molecule has 1 atom stereocenters. The molecule has 0 bridgehead atoms. The zero-order valence-corrected chi connectivity index (χ0v) is 14.8. The van der Waals surface area contributed by atoms with Crippen molar-refractivity contribution in [3.8, 4) is 6.07 Å². The predicted molar refractivity (Wildman–Crippen MR) is 106 cm³/mol. The Bertz CT molecular complexity index is 1240. The van der Waals surface area contributed by atoms with Gasteiger partial charge in [0.25, 0.3) is 0 Å². The van der Waals surface area contributed by atoms with Crippen LogP contribution in [0.4, 0.5) is 0 Å². The van der Waals surface area contributed by atoms with E-state index in [0.29, 0.717) is 16.7 Å². The Hall–Kier alpha value is -3.64. The van der Waals surface area contributed by atoms with E-state index in [1.807, 2.05) is 55.5 Å². The molecule has 0 amide bonds. The number of carbonyl (C=O) groups excluding carboxylic acids is 1. The van der Waals surface area contributed by atoms with E-state index in [2.05, 4.69) is 29.6 Å². The van der Waals surface area contributed by atoms with Gasteiger partial charge in [-0.15, -0.1) is 0 Å². The lowest BCUT2D eigenvalue weighted by Gasteiger charge is -2.27. The number of fused-ring (bicyclic) bond motifs is 3. The number of ketones is 1. The van der Waals surface area contributed by atoms with E-state index < -0.39 is 0 Å². The van der Waals surface area contributed by atoms with E-state index in [4.69, 9.17) is 0 Å². The van der Waals surface area contributed by atoms with Crippen LogP contribution < -0.4 is 5.32 Å². The molecule has 2 aliphatic rings.